The van der Waals surface area contributed by atoms with E-state index in [-0.39, 0.29) is 11.1 Å². The van der Waals surface area contributed by atoms with Crippen molar-refractivity contribution in [2.45, 2.75) is 6.42 Å². The molecule has 0 amide bonds. The summed E-state index contributed by atoms with van der Waals surface area (Å²) in [5.41, 5.74) is 2.71. The Kier molecular flexibility index (Phi) is 3.46. The number of hydrogen-bond donors (Lipinski definition) is 2. The number of benzene rings is 1. The molecule has 4 rings (SSSR count). The molecule has 0 saturated carbocycles. The van der Waals surface area contributed by atoms with Gasteiger partial charge in [0, 0.05) is 27.9 Å². The zero-order chi connectivity index (χ0) is 16.7. The van der Waals surface area contributed by atoms with E-state index in [1.54, 1.807) is 36.5 Å². The van der Waals surface area contributed by atoms with Crippen molar-refractivity contribution in [3.8, 4) is 26.6 Å². The maximum Gasteiger partial charge on any atom is 0.335 e. The predicted molar refractivity (Wildman–Crippen MR) is 92.0 cm³/mol. The van der Waals surface area contributed by atoms with Gasteiger partial charge in [-0.1, -0.05) is 0 Å². The van der Waals surface area contributed by atoms with Crippen molar-refractivity contribution in [2.24, 2.45) is 0 Å². The van der Waals surface area contributed by atoms with Crippen LogP contribution in [0.4, 0.5) is 0 Å². The predicted octanol–water partition coefficient (Wildman–Crippen LogP) is 3.40. The number of aromatic amines is 1. The minimum Gasteiger partial charge on any atom is -0.493 e. The molecule has 0 atom stereocenters. The molecule has 2 N–H and O–H groups in total. The molecule has 0 unspecified atom stereocenters. The lowest BCUT2D eigenvalue weighted by Gasteiger charge is -2.08. The highest BCUT2D eigenvalue weighted by Crippen LogP contribution is 2.43. The summed E-state index contributed by atoms with van der Waals surface area (Å²) in [6.45, 7) is 0.477. The Bertz CT molecular complexity index is 1000. The van der Waals surface area contributed by atoms with Crippen LogP contribution in [0.5, 0.6) is 5.75 Å². The fourth-order valence-corrected chi connectivity index (χ4v) is 4.09. The second kappa shape index (κ2) is 5.65. The van der Waals surface area contributed by atoms with Crippen LogP contribution < -0.4 is 10.3 Å². The van der Waals surface area contributed by atoms with Crippen molar-refractivity contribution in [2.75, 3.05) is 6.61 Å². The molecule has 3 aromatic rings. The molecule has 0 spiro atoms. The lowest BCUT2D eigenvalue weighted by Crippen LogP contribution is -2.06. The summed E-state index contributed by atoms with van der Waals surface area (Å²) < 4.78 is 5.72. The van der Waals surface area contributed by atoms with Crippen molar-refractivity contribution in [1.29, 1.82) is 0 Å². The molecular formula is C18H13NO4S. The molecule has 0 radical (unpaired) electrons. The Balaban J connectivity index is 1.87. The highest BCUT2D eigenvalue weighted by molar-refractivity contribution is 7.19. The topological polar surface area (TPSA) is 79.4 Å². The molecule has 1 aliphatic rings. The molecule has 6 heteroatoms. The minimum absolute atomic E-state index is 0.119. The Morgan fingerprint density at radius 3 is 2.88 bits per heavy atom. The molecule has 1 aliphatic heterocycles. The van der Waals surface area contributed by atoms with Gasteiger partial charge in [-0.25, -0.2) is 4.79 Å². The first-order valence-electron chi connectivity index (χ1n) is 7.45. The number of carboxylic acid groups (broad SMARTS) is 1. The summed E-state index contributed by atoms with van der Waals surface area (Å²) in [5.74, 6) is -0.405. The summed E-state index contributed by atoms with van der Waals surface area (Å²) in [7, 11) is 0. The zero-order valence-corrected chi connectivity index (χ0v) is 13.4. The summed E-state index contributed by atoms with van der Waals surface area (Å²) in [5, 5.41) is 9.14. The molecule has 120 valence electrons. The van der Waals surface area contributed by atoms with Crippen LogP contribution in [0.15, 0.2) is 47.4 Å². The van der Waals surface area contributed by atoms with E-state index < -0.39 is 5.97 Å². The highest BCUT2D eigenvalue weighted by Gasteiger charge is 2.21. The van der Waals surface area contributed by atoms with Gasteiger partial charge in [-0.15, -0.1) is 11.3 Å². The minimum atomic E-state index is -0.978. The number of ether oxygens (including phenoxy) is 1. The number of aromatic carboxylic acids is 1. The van der Waals surface area contributed by atoms with E-state index in [2.05, 4.69) is 4.98 Å². The van der Waals surface area contributed by atoms with Gasteiger partial charge in [0.05, 0.1) is 17.7 Å². The number of nitrogens with one attached hydrogen (secondary N) is 1. The molecular weight excluding hydrogens is 326 g/mol. The number of pyridine rings is 1. The second-order valence-corrected chi connectivity index (χ2v) is 6.54. The van der Waals surface area contributed by atoms with Crippen molar-refractivity contribution in [1.82, 2.24) is 4.98 Å². The smallest absolute Gasteiger partial charge is 0.335 e. The van der Waals surface area contributed by atoms with Gasteiger partial charge in [0.2, 0.25) is 0 Å². The Labute approximate surface area is 141 Å². The number of fused-ring (bicyclic) bond motifs is 3. The van der Waals surface area contributed by atoms with E-state index >= 15 is 0 Å². The lowest BCUT2D eigenvalue weighted by atomic mass is 10.0. The monoisotopic (exact) mass is 339 g/mol. The molecule has 3 heterocycles. The third-order valence-electron chi connectivity index (χ3n) is 3.99. The standard InChI is InChI=1S/C18H13NO4S/c20-17-13(2-1-6-19-17)15-9-10-5-7-23-14-8-11(18(21)22)3-4-12(14)16(10)24-15/h1-4,6,8-9H,5,7H2,(H,19,20)(H,21,22). The fourth-order valence-electron chi connectivity index (χ4n) is 2.82. The van der Waals surface area contributed by atoms with Crippen LogP contribution in [0, 0.1) is 0 Å². The number of rotatable bonds is 2. The van der Waals surface area contributed by atoms with E-state index in [1.165, 1.54) is 11.3 Å². The van der Waals surface area contributed by atoms with Gasteiger partial charge in [-0.2, -0.15) is 0 Å². The molecule has 0 saturated heterocycles. The number of H-pyrrole nitrogens is 1. The first-order chi connectivity index (χ1) is 11.6. The van der Waals surface area contributed by atoms with Crippen molar-refractivity contribution < 1.29 is 14.6 Å². The number of thiophene rings is 1. The highest BCUT2D eigenvalue weighted by atomic mass is 32.1. The van der Waals surface area contributed by atoms with E-state index in [0.717, 1.165) is 20.9 Å². The van der Waals surface area contributed by atoms with E-state index in [0.29, 0.717) is 24.3 Å². The first kappa shape index (κ1) is 14.7. The van der Waals surface area contributed by atoms with Crippen molar-refractivity contribution in [3.63, 3.8) is 0 Å². The van der Waals surface area contributed by atoms with Crippen LogP contribution in [0.1, 0.15) is 15.9 Å². The first-order valence-corrected chi connectivity index (χ1v) is 8.26. The Morgan fingerprint density at radius 1 is 1.21 bits per heavy atom. The van der Waals surface area contributed by atoms with Crippen LogP contribution in [0.25, 0.3) is 20.9 Å². The maximum absolute atomic E-state index is 12.0. The molecule has 2 aromatic heterocycles. The average molecular weight is 339 g/mol. The van der Waals surface area contributed by atoms with Crippen LogP contribution in [0.2, 0.25) is 0 Å². The van der Waals surface area contributed by atoms with E-state index in [4.69, 9.17) is 9.84 Å². The van der Waals surface area contributed by atoms with E-state index in [9.17, 15) is 9.59 Å². The average Bonchev–Trinajstić information content (AvgIpc) is 2.91. The third-order valence-corrected chi connectivity index (χ3v) is 5.24. The summed E-state index contributed by atoms with van der Waals surface area (Å²) in [4.78, 5) is 27.8. The SMILES string of the molecule is O=C(O)c1ccc2c(c1)OCCc1cc(-c3ccc[nH]c3=O)sc1-2. The zero-order valence-electron chi connectivity index (χ0n) is 12.5. The Hall–Kier alpha value is -2.86. The lowest BCUT2D eigenvalue weighted by molar-refractivity contribution is 0.0696. The van der Waals surface area contributed by atoms with Gasteiger partial charge in [-0.05, 0) is 42.0 Å². The van der Waals surface area contributed by atoms with Gasteiger partial charge < -0.3 is 14.8 Å². The van der Waals surface area contributed by atoms with Gasteiger partial charge >= 0.3 is 5.97 Å². The summed E-state index contributed by atoms with van der Waals surface area (Å²) in [6, 6.07) is 10.5. The normalized spacial score (nSPS) is 12.7. The third kappa shape index (κ3) is 2.41. The molecule has 0 aliphatic carbocycles. The fraction of sp³-hybridized carbons (Fsp3) is 0.111. The number of carbonyl (C=O) groups is 1. The number of aromatic nitrogens is 1. The van der Waals surface area contributed by atoms with Gasteiger partial charge in [-0.3, -0.25) is 4.79 Å². The number of hydrogen-bond acceptors (Lipinski definition) is 4. The van der Waals surface area contributed by atoms with Crippen LogP contribution in [-0.4, -0.2) is 22.7 Å². The molecule has 5 nitrogen and oxygen atoms in total. The quantitative estimate of drug-likeness (QED) is 0.750. The molecule has 1 aromatic carbocycles. The molecule has 0 fully saturated rings. The van der Waals surface area contributed by atoms with Crippen molar-refractivity contribution >= 4 is 17.3 Å². The van der Waals surface area contributed by atoms with Gasteiger partial charge in [0.15, 0.2) is 0 Å². The summed E-state index contributed by atoms with van der Waals surface area (Å²) >= 11 is 1.53. The second-order valence-electron chi connectivity index (χ2n) is 5.49. The molecule has 0 bridgehead atoms. The Morgan fingerprint density at radius 2 is 2.08 bits per heavy atom. The van der Waals surface area contributed by atoms with Crippen molar-refractivity contribution in [3.05, 3.63) is 64.1 Å². The van der Waals surface area contributed by atoms with Crippen LogP contribution in [0.3, 0.4) is 0 Å². The van der Waals surface area contributed by atoms with E-state index in [1.807, 2.05) is 6.07 Å². The van der Waals surface area contributed by atoms with Crippen LogP contribution >= 0.6 is 11.3 Å². The molecule has 24 heavy (non-hydrogen) atoms. The largest absolute Gasteiger partial charge is 0.493 e. The van der Waals surface area contributed by atoms with Crippen LogP contribution in [-0.2, 0) is 6.42 Å². The van der Waals surface area contributed by atoms with Gasteiger partial charge in [0.25, 0.3) is 5.56 Å². The summed E-state index contributed by atoms with van der Waals surface area (Å²) in [6.07, 6.45) is 2.33. The number of carboxylic acids is 1. The van der Waals surface area contributed by atoms with Gasteiger partial charge in [0.1, 0.15) is 5.75 Å². The maximum atomic E-state index is 12.0.